The lowest BCUT2D eigenvalue weighted by Crippen LogP contribution is -2.40. The van der Waals surface area contributed by atoms with Crippen molar-refractivity contribution in [3.8, 4) is 11.5 Å². The molecule has 0 spiro atoms. The van der Waals surface area contributed by atoms with Gasteiger partial charge in [0.05, 0.1) is 13.2 Å². The van der Waals surface area contributed by atoms with E-state index in [4.69, 9.17) is 14.2 Å². The van der Waals surface area contributed by atoms with Gasteiger partial charge < -0.3 is 24.6 Å². The topological polar surface area (TPSA) is 94.1 Å². The molecule has 3 rings (SSSR count). The molecule has 2 aromatic carbocycles. The molecule has 2 aromatic rings. The molecule has 0 radical (unpaired) electrons. The summed E-state index contributed by atoms with van der Waals surface area (Å²) in [5, 5.41) is 12.6. The number of aliphatic carboxylic acids is 1. The maximum Gasteiger partial charge on any atom is 0.336 e. The molecule has 0 aliphatic carbocycles. The zero-order valence-corrected chi connectivity index (χ0v) is 19.4. The van der Waals surface area contributed by atoms with E-state index in [2.05, 4.69) is 12.2 Å². The number of rotatable bonds is 12. The van der Waals surface area contributed by atoms with Gasteiger partial charge in [0.15, 0.2) is 5.60 Å². The van der Waals surface area contributed by atoms with Gasteiger partial charge in [-0.25, -0.2) is 4.79 Å². The average molecular weight is 456 g/mol. The number of ether oxygens (including phenoxy) is 3. The minimum absolute atomic E-state index is 0.205. The highest BCUT2D eigenvalue weighted by molar-refractivity contribution is 5.94. The molecule has 7 nitrogen and oxygen atoms in total. The third kappa shape index (κ3) is 6.48. The van der Waals surface area contributed by atoms with Gasteiger partial charge in [-0.05, 0) is 62.1 Å². The summed E-state index contributed by atoms with van der Waals surface area (Å²) in [7, 11) is 0. The number of carboxylic acid groups (broad SMARTS) is 1. The molecule has 7 heteroatoms. The van der Waals surface area contributed by atoms with Gasteiger partial charge in [0.2, 0.25) is 0 Å². The number of carbonyl (C=O) groups excluding carboxylic acids is 1. The quantitative estimate of drug-likeness (QED) is 0.462. The standard InChI is InChI=1S/C26H33NO6/c1-3-5-14-32-22-10-8-20(9-11-22)24(28)27-18-21-16-19(7-12-23(21)31-4-2)17-26(25(29)30)13-6-15-33-26/h7-12,16H,3-6,13-15,17-18H2,1-2H3,(H,27,28)(H,29,30). The van der Waals surface area contributed by atoms with Crippen LogP contribution in [0.5, 0.6) is 11.5 Å². The minimum atomic E-state index is -1.19. The van der Waals surface area contributed by atoms with Crippen LogP contribution in [0, 0.1) is 0 Å². The second-order valence-electron chi connectivity index (χ2n) is 8.21. The Morgan fingerprint density at radius 3 is 2.55 bits per heavy atom. The van der Waals surface area contributed by atoms with Crippen LogP contribution in [0.3, 0.4) is 0 Å². The monoisotopic (exact) mass is 455 g/mol. The van der Waals surface area contributed by atoms with E-state index in [9.17, 15) is 14.7 Å². The molecule has 1 aliphatic rings. The molecule has 178 valence electrons. The van der Waals surface area contributed by atoms with Gasteiger partial charge in [0.25, 0.3) is 5.91 Å². The molecular formula is C26H33NO6. The van der Waals surface area contributed by atoms with Crippen LogP contribution in [0.2, 0.25) is 0 Å². The first-order chi connectivity index (χ1) is 16.0. The minimum Gasteiger partial charge on any atom is -0.494 e. The second-order valence-corrected chi connectivity index (χ2v) is 8.21. The summed E-state index contributed by atoms with van der Waals surface area (Å²) in [5.41, 5.74) is 0.978. The number of amides is 1. The van der Waals surface area contributed by atoms with Crippen LogP contribution in [-0.2, 0) is 22.5 Å². The van der Waals surface area contributed by atoms with Crippen LogP contribution in [0.4, 0.5) is 0 Å². The van der Waals surface area contributed by atoms with Crippen LogP contribution in [0.1, 0.15) is 61.0 Å². The number of benzene rings is 2. The lowest BCUT2D eigenvalue weighted by molar-refractivity contribution is -0.159. The predicted octanol–water partition coefficient (Wildman–Crippen LogP) is 4.37. The fourth-order valence-corrected chi connectivity index (χ4v) is 3.90. The fraction of sp³-hybridized carbons (Fsp3) is 0.462. The smallest absolute Gasteiger partial charge is 0.336 e. The highest BCUT2D eigenvalue weighted by atomic mass is 16.5. The van der Waals surface area contributed by atoms with E-state index in [1.54, 1.807) is 24.3 Å². The van der Waals surface area contributed by atoms with Crippen molar-refractivity contribution in [2.75, 3.05) is 19.8 Å². The zero-order valence-electron chi connectivity index (χ0n) is 19.4. The number of carboxylic acids is 1. The normalized spacial score (nSPS) is 17.5. The number of carbonyl (C=O) groups is 2. The lowest BCUT2D eigenvalue weighted by atomic mass is 9.91. The Labute approximate surface area is 195 Å². The summed E-state index contributed by atoms with van der Waals surface area (Å²) in [6, 6.07) is 12.7. The van der Waals surface area contributed by atoms with Gasteiger partial charge in [-0.3, -0.25) is 4.79 Å². The molecule has 1 atom stereocenters. The van der Waals surface area contributed by atoms with Gasteiger partial charge in [0.1, 0.15) is 11.5 Å². The Bertz CT molecular complexity index is 934. The summed E-state index contributed by atoms with van der Waals surface area (Å²) in [4.78, 5) is 24.5. The van der Waals surface area contributed by atoms with Crippen LogP contribution < -0.4 is 14.8 Å². The van der Waals surface area contributed by atoms with E-state index in [1.165, 1.54) is 0 Å². The second kappa shape index (κ2) is 11.7. The fourth-order valence-electron chi connectivity index (χ4n) is 3.90. The molecule has 33 heavy (non-hydrogen) atoms. The van der Waals surface area contributed by atoms with Crippen molar-refractivity contribution in [1.82, 2.24) is 5.32 Å². The van der Waals surface area contributed by atoms with E-state index in [-0.39, 0.29) is 18.9 Å². The Morgan fingerprint density at radius 1 is 1.12 bits per heavy atom. The van der Waals surface area contributed by atoms with Crippen molar-refractivity contribution < 1.29 is 28.9 Å². The largest absolute Gasteiger partial charge is 0.494 e. The molecule has 1 fully saturated rings. The maximum absolute atomic E-state index is 12.7. The van der Waals surface area contributed by atoms with Gasteiger partial charge in [0, 0.05) is 30.7 Å². The van der Waals surface area contributed by atoms with Crippen molar-refractivity contribution >= 4 is 11.9 Å². The van der Waals surface area contributed by atoms with E-state index >= 15 is 0 Å². The molecule has 1 heterocycles. The summed E-state index contributed by atoms with van der Waals surface area (Å²) in [6.07, 6.45) is 3.54. The van der Waals surface area contributed by atoms with Gasteiger partial charge in [-0.15, -0.1) is 0 Å². The molecule has 0 saturated carbocycles. The SMILES string of the molecule is CCCCOc1ccc(C(=O)NCc2cc(CC3(C(=O)O)CCCO3)ccc2OCC)cc1. The van der Waals surface area contributed by atoms with E-state index in [1.807, 2.05) is 25.1 Å². The Morgan fingerprint density at radius 2 is 1.91 bits per heavy atom. The first kappa shape index (κ1) is 24.6. The average Bonchev–Trinajstić information content (AvgIpc) is 3.29. The van der Waals surface area contributed by atoms with Crippen molar-refractivity contribution in [3.63, 3.8) is 0 Å². The molecule has 1 saturated heterocycles. The summed E-state index contributed by atoms with van der Waals surface area (Å²) >= 11 is 0. The number of hydrogen-bond donors (Lipinski definition) is 2. The Kier molecular flexibility index (Phi) is 8.72. The molecular weight excluding hydrogens is 422 g/mol. The van der Waals surface area contributed by atoms with E-state index in [0.29, 0.717) is 37.6 Å². The molecule has 1 aliphatic heterocycles. The van der Waals surface area contributed by atoms with Gasteiger partial charge in [-0.1, -0.05) is 25.5 Å². The van der Waals surface area contributed by atoms with E-state index < -0.39 is 11.6 Å². The molecule has 1 unspecified atom stereocenters. The molecule has 1 amide bonds. The zero-order chi connectivity index (χ0) is 23.7. The number of unbranched alkanes of at least 4 members (excludes halogenated alkanes) is 1. The first-order valence-electron chi connectivity index (χ1n) is 11.6. The molecule has 0 aromatic heterocycles. The van der Waals surface area contributed by atoms with Crippen LogP contribution in [-0.4, -0.2) is 42.4 Å². The van der Waals surface area contributed by atoms with Crippen LogP contribution >= 0.6 is 0 Å². The first-order valence-corrected chi connectivity index (χ1v) is 11.6. The van der Waals surface area contributed by atoms with Crippen LogP contribution in [0.25, 0.3) is 0 Å². The number of hydrogen-bond acceptors (Lipinski definition) is 5. The van der Waals surface area contributed by atoms with Crippen LogP contribution in [0.15, 0.2) is 42.5 Å². The number of nitrogens with one attached hydrogen (secondary N) is 1. The third-order valence-corrected chi connectivity index (χ3v) is 5.73. The van der Waals surface area contributed by atoms with Crippen molar-refractivity contribution in [2.45, 2.75) is 58.1 Å². The van der Waals surface area contributed by atoms with Crippen molar-refractivity contribution in [3.05, 3.63) is 59.2 Å². The predicted molar refractivity (Wildman–Crippen MR) is 125 cm³/mol. The Balaban J connectivity index is 1.68. The third-order valence-electron chi connectivity index (χ3n) is 5.73. The van der Waals surface area contributed by atoms with E-state index in [0.717, 1.165) is 36.1 Å². The summed E-state index contributed by atoms with van der Waals surface area (Å²) in [5.74, 6) is 0.265. The highest BCUT2D eigenvalue weighted by Gasteiger charge is 2.43. The van der Waals surface area contributed by atoms with Crippen molar-refractivity contribution in [2.24, 2.45) is 0 Å². The van der Waals surface area contributed by atoms with Crippen molar-refractivity contribution in [1.29, 1.82) is 0 Å². The highest BCUT2D eigenvalue weighted by Crippen LogP contribution is 2.31. The Hall–Kier alpha value is -3.06. The maximum atomic E-state index is 12.7. The van der Waals surface area contributed by atoms with Gasteiger partial charge >= 0.3 is 5.97 Å². The molecule has 2 N–H and O–H groups in total. The lowest BCUT2D eigenvalue weighted by Gasteiger charge is -2.24. The molecule has 0 bridgehead atoms. The van der Waals surface area contributed by atoms with Gasteiger partial charge in [-0.2, -0.15) is 0 Å². The summed E-state index contributed by atoms with van der Waals surface area (Å²) < 4.78 is 17.0. The summed E-state index contributed by atoms with van der Waals surface area (Å²) in [6.45, 7) is 5.86.